The molecular weight excluding hydrogens is 640 g/mol. The standard InChI is InChI=1S/C42H48N4O5/c1-2-3-4-7-31(47)23-32(48)11-8-27-9-15-38-39(20-27)51-41-35(42(18-19-50-38)16-5-6-17-42)13-14-37(49)33-12-10-28(40(43)44)21-29(33)22-30-24-45-36-26-46(41)25-34(30)36/h9-10,12,15,20-21,24,26,31,35,37,40-41,47,49H,2-8,11,16-17,22-23,25,43-44H2,1H3. The quantitative estimate of drug-likeness (QED) is 0.146. The zero-order chi connectivity index (χ0) is 35.5. The van der Waals surface area contributed by atoms with E-state index in [-0.39, 0.29) is 12.2 Å². The first-order valence-electron chi connectivity index (χ1n) is 18.5. The van der Waals surface area contributed by atoms with Crippen LogP contribution in [0.3, 0.4) is 0 Å². The lowest BCUT2D eigenvalue weighted by Crippen LogP contribution is -2.47. The number of aliphatic imine (C=N–C) groups is 1. The van der Waals surface area contributed by atoms with E-state index < -0.39 is 35.9 Å². The van der Waals surface area contributed by atoms with Crippen molar-refractivity contribution in [2.45, 2.75) is 109 Å². The molecule has 2 bridgehead atoms. The first-order chi connectivity index (χ1) is 24.7. The number of unbranched alkanes of at least 4 members (excludes halogenated alkanes) is 2. The number of aliphatic hydroxyl groups is 2. The summed E-state index contributed by atoms with van der Waals surface area (Å²) < 4.78 is 13.1. The van der Waals surface area contributed by atoms with Gasteiger partial charge < -0.3 is 36.1 Å². The fraction of sp³-hybridized carbons (Fsp3) is 0.476. The Labute approximate surface area is 300 Å². The van der Waals surface area contributed by atoms with Gasteiger partial charge in [-0.2, -0.15) is 0 Å². The van der Waals surface area contributed by atoms with Gasteiger partial charge in [-0.3, -0.25) is 9.79 Å². The number of aryl methyl sites for hydroxylation is 1. The summed E-state index contributed by atoms with van der Waals surface area (Å²) in [6.45, 7) is 2.70. The Kier molecular flexibility index (Phi) is 10.4. The number of ketones is 1. The van der Waals surface area contributed by atoms with Crippen molar-refractivity contribution in [2.75, 3.05) is 6.54 Å². The van der Waals surface area contributed by atoms with E-state index in [4.69, 9.17) is 25.9 Å². The second-order valence-electron chi connectivity index (χ2n) is 14.7. The number of nitrogens with two attached hydrogens (primary N) is 2. The molecule has 0 saturated heterocycles. The van der Waals surface area contributed by atoms with E-state index in [1.807, 2.05) is 42.6 Å². The van der Waals surface area contributed by atoms with Crippen molar-refractivity contribution in [3.05, 3.63) is 81.7 Å². The van der Waals surface area contributed by atoms with Crippen LogP contribution in [-0.4, -0.2) is 46.0 Å². The number of hydrogen-bond acceptors (Lipinski definition) is 9. The predicted molar refractivity (Wildman–Crippen MR) is 196 cm³/mol. The highest BCUT2D eigenvalue weighted by atomic mass is 16.5. The van der Waals surface area contributed by atoms with Gasteiger partial charge in [0.2, 0.25) is 0 Å². The molecule has 1 aliphatic carbocycles. The molecule has 51 heavy (non-hydrogen) atoms. The molecule has 2 aromatic carbocycles. The molecule has 0 radical (unpaired) electrons. The molecule has 2 aromatic rings. The minimum Gasteiger partial charge on any atom is -0.465 e. The number of carbonyl (C=O) groups excluding carboxylic acids is 1. The van der Waals surface area contributed by atoms with Crippen molar-refractivity contribution in [3.63, 3.8) is 0 Å². The Balaban J connectivity index is 1.24. The third-order valence-corrected chi connectivity index (χ3v) is 11.0. The average Bonchev–Trinajstić information content (AvgIpc) is 3.86. The molecule has 1 fully saturated rings. The van der Waals surface area contributed by atoms with Crippen LogP contribution in [0.5, 0.6) is 11.5 Å². The summed E-state index contributed by atoms with van der Waals surface area (Å²) in [6, 6.07) is 11.4. The Morgan fingerprint density at radius 3 is 2.76 bits per heavy atom. The van der Waals surface area contributed by atoms with Crippen molar-refractivity contribution >= 4 is 12.0 Å². The average molecular weight is 689 g/mol. The Hall–Kier alpha value is -4.38. The maximum absolute atomic E-state index is 12.8. The molecule has 9 nitrogen and oxygen atoms in total. The van der Waals surface area contributed by atoms with E-state index in [1.54, 1.807) is 0 Å². The fourth-order valence-electron chi connectivity index (χ4n) is 8.07. The van der Waals surface area contributed by atoms with Gasteiger partial charge in [0.05, 0.1) is 29.3 Å². The molecule has 1 spiro atoms. The maximum atomic E-state index is 12.8. The number of Topliss-reactive ketones (excluding diaryl/α,β-unsaturated/α-hetero) is 1. The highest BCUT2D eigenvalue weighted by molar-refractivity contribution is 5.87. The van der Waals surface area contributed by atoms with Gasteiger partial charge in [-0.25, -0.2) is 0 Å². The molecule has 4 heterocycles. The zero-order valence-corrected chi connectivity index (χ0v) is 29.4. The predicted octanol–water partition coefficient (Wildman–Crippen LogP) is 5.50. The second kappa shape index (κ2) is 15.1. The number of allylic oxidation sites excluding steroid dienone is 1. The fourth-order valence-corrected chi connectivity index (χ4v) is 8.07. The number of benzene rings is 2. The monoisotopic (exact) mass is 688 g/mol. The normalized spacial score (nSPS) is 23.1. The van der Waals surface area contributed by atoms with Crippen LogP contribution in [0.25, 0.3) is 0 Å². The molecular formula is C42H48N4O5. The highest BCUT2D eigenvalue weighted by Gasteiger charge is 2.48. The molecule has 6 N–H and O–H groups in total. The largest absolute Gasteiger partial charge is 0.465 e. The minimum absolute atomic E-state index is 0.0468. The van der Waals surface area contributed by atoms with Gasteiger partial charge in [0.1, 0.15) is 18.0 Å². The molecule has 0 amide bonds. The highest BCUT2D eigenvalue weighted by Crippen LogP contribution is 2.49. The van der Waals surface area contributed by atoms with Gasteiger partial charge in [0.25, 0.3) is 0 Å². The molecule has 0 aromatic heterocycles. The first-order valence-corrected chi connectivity index (χ1v) is 18.5. The number of carbonyl (C=O) groups is 1. The van der Waals surface area contributed by atoms with Gasteiger partial charge in [0.15, 0.2) is 17.7 Å². The molecule has 5 aliphatic rings. The van der Waals surface area contributed by atoms with E-state index in [1.165, 1.54) is 0 Å². The van der Waals surface area contributed by atoms with Gasteiger partial charge in [-0.05, 0) is 72.1 Å². The van der Waals surface area contributed by atoms with Gasteiger partial charge >= 0.3 is 0 Å². The summed E-state index contributed by atoms with van der Waals surface area (Å²) >= 11 is 0. The van der Waals surface area contributed by atoms with Crippen LogP contribution < -0.4 is 20.9 Å². The molecule has 4 aliphatic heterocycles. The van der Waals surface area contributed by atoms with Crippen LogP contribution in [0.4, 0.5) is 0 Å². The Morgan fingerprint density at radius 1 is 1.12 bits per heavy atom. The van der Waals surface area contributed by atoms with Crippen LogP contribution in [0.1, 0.15) is 106 Å². The molecule has 7 rings (SSSR count). The molecule has 9 heteroatoms. The molecule has 4 unspecified atom stereocenters. The van der Waals surface area contributed by atoms with Gasteiger partial charge in [-0.15, -0.1) is 0 Å². The summed E-state index contributed by atoms with van der Waals surface area (Å²) in [5.74, 6) is 10.9. The summed E-state index contributed by atoms with van der Waals surface area (Å²) in [5.41, 5.74) is 18.0. The molecule has 4 atom stereocenters. The topological polar surface area (TPSA) is 144 Å². The van der Waals surface area contributed by atoms with Crippen molar-refractivity contribution in [1.29, 1.82) is 0 Å². The van der Waals surface area contributed by atoms with Crippen LogP contribution in [0.15, 0.2) is 64.4 Å². The van der Waals surface area contributed by atoms with E-state index in [0.29, 0.717) is 43.7 Å². The number of ether oxygens (including phenoxy) is 2. The summed E-state index contributed by atoms with van der Waals surface area (Å²) in [6.07, 6.45) is 13.1. The third kappa shape index (κ3) is 7.49. The molecule has 1 saturated carbocycles. The summed E-state index contributed by atoms with van der Waals surface area (Å²) in [5, 5.41) is 22.0. The van der Waals surface area contributed by atoms with Crippen LogP contribution in [-0.2, 0) is 17.6 Å². The SMILES string of the molecule is CCCCCC(O)CC(=O)CCc1ccc2c(c1)OC1C(C#CC(O)c3ccc(C(N)N)cc3CC3=C4CN1C=C4N=C3)C1(C#CO2)CCCC1. The van der Waals surface area contributed by atoms with E-state index in [2.05, 4.69) is 41.9 Å². The lowest BCUT2D eigenvalue weighted by atomic mass is 9.73. The van der Waals surface area contributed by atoms with Gasteiger partial charge in [-0.1, -0.05) is 81.1 Å². The van der Waals surface area contributed by atoms with Crippen molar-refractivity contribution in [3.8, 4) is 35.4 Å². The van der Waals surface area contributed by atoms with E-state index >= 15 is 0 Å². The van der Waals surface area contributed by atoms with Crippen molar-refractivity contribution in [1.82, 2.24) is 4.90 Å². The minimum atomic E-state index is -1.05. The number of aliphatic hydroxyl groups excluding tert-OH is 2. The number of hydrogen-bond donors (Lipinski definition) is 4. The van der Waals surface area contributed by atoms with E-state index in [9.17, 15) is 15.0 Å². The van der Waals surface area contributed by atoms with Gasteiger partial charge in [0, 0.05) is 37.4 Å². The number of nitrogens with zero attached hydrogens (tertiary/aromatic N) is 2. The molecule has 266 valence electrons. The van der Waals surface area contributed by atoms with Crippen molar-refractivity contribution in [2.24, 2.45) is 27.8 Å². The van der Waals surface area contributed by atoms with Crippen molar-refractivity contribution < 1.29 is 24.5 Å². The zero-order valence-electron chi connectivity index (χ0n) is 29.4. The smallest absolute Gasteiger partial charge is 0.187 e. The summed E-state index contributed by atoms with van der Waals surface area (Å²) in [7, 11) is 0. The Bertz CT molecular complexity index is 1880. The first kappa shape index (κ1) is 35.0. The maximum Gasteiger partial charge on any atom is 0.187 e. The number of rotatable bonds is 10. The third-order valence-electron chi connectivity index (χ3n) is 11.0. The number of fused-ring (bicyclic) bond motifs is 6. The second-order valence-corrected chi connectivity index (χ2v) is 14.7. The van der Waals surface area contributed by atoms with E-state index in [0.717, 1.165) is 84.0 Å². The lowest BCUT2D eigenvalue weighted by Gasteiger charge is -2.39. The van der Waals surface area contributed by atoms with Crippen LogP contribution >= 0.6 is 0 Å². The lowest BCUT2D eigenvalue weighted by molar-refractivity contribution is -0.121. The summed E-state index contributed by atoms with van der Waals surface area (Å²) in [4.78, 5) is 19.8. The van der Waals surface area contributed by atoms with Crippen LogP contribution in [0, 0.1) is 35.2 Å². The Morgan fingerprint density at radius 2 is 1.96 bits per heavy atom. The van der Waals surface area contributed by atoms with Crippen LogP contribution in [0.2, 0.25) is 0 Å².